The number of amides is 1. The predicted octanol–water partition coefficient (Wildman–Crippen LogP) is 1.85. The Morgan fingerprint density at radius 1 is 1.48 bits per heavy atom. The highest BCUT2D eigenvalue weighted by atomic mass is 35.5. The van der Waals surface area contributed by atoms with Gasteiger partial charge >= 0.3 is 0 Å². The molecule has 1 amide bonds. The van der Waals surface area contributed by atoms with E-state index < -0.39 is 10.0 Å². The Morgan fingerprint density at radius 3 is 2.81 bits per heavy atom. The molecule has 1 aromatic rings. The number of nitrogens with one attached hydrogen (secondary N) is 1. The van der Waals surface area contributed by atoms with E-state index in [2.05, 4.69) is 5.32 Å². The molecule has 0 unspecified atom stereocenters. The number of anilines is 2. The molecule has 1 aliphatic rings. The van der Waals surface area contributed by atoms with Crippen LogP contribution in [0.15, 0.2) is 18.2 Å². The molecule has 0 aromatic heterocycles. The van der Waals surface area contributed by atoms with Crippen molar-refractivity contribution >= 4 is 38.9 Å². The number of rotatable bonds is 5. The summed E-state index contributed by atoms with van der Waals surface area (Å²) >= 11 is 6.10. The molecule has 0 spiro atoms. The van der Waals surface area contributed by atoms with E-state index in [0.717, 1.165) is 0 Å². The van der Waals surface area contributed by atoms with Gasteiger partial charge in [0.1, 0.15) is 6.61 Å². The number of ether oxygens (including phenoxy) is 1. The van der Waals surface area contributed by atoms with Crippen LogP contribution in [-0.4, -0.2) is 39.8 Å². The molecule has 116 valence electrons. The minimum atomic E-state index is -3.24. The van der Waals surface area contributed by atoms with Gasteiger partial charge in [0.2, 0.25) is 15.9 Å². The lowest BCUT2D eigenvalue weighted by atomic mass is 10.2. The van der Waals surface area contributed by atoms with Gasteiger partial charge in [-0.3, -0.25) is 9.10 Å². The van der Waals surface area contributed by atoms with Gasteiger partial charge in [-0.1, -0.05) is 11.6 Å². The topological polar surface area (TPSA) is 75.7 Å². The van der Waals surface area contributed by atoms with Crippen LogP contribution in [0.1, 0.15) is 13.3 Å². The first kappa shape index (κ1) is 16.1. The molecule has 21 heavy (non-hydrogen) atoms. The molecule has 6 nitrogen and oxygen atoms in total. The van der Waals surface area contributed by atoms with Gasteiger partial charge in [-0.15, -0.1) is 0 Å². The molecule has 0 atom stereocenters. The van der Waals surface area contributed by atoms with E-state index in [1.54, 1.807) is 25.1 Å². The number of halogens is 1. The van der Waals surface area contributed by atoms with E-state index in [4.69, 9.17) is 16.3 Å². The van der Waals surface area contributed by atoms with Crippen molar-refractivity contribution in [2.75, 3.05) is 35.1 Å². The molecule has 2 rings (SSSR count). The van der Waals surface area contributed by atoms with E-state index in [1.165, 1.54) is 4.31 Å². The number of carbonyl (C=O) groups is 1. The lowest BCUT2D eigenvalue weighted by Gasteiger charge is -2.18. The second-order valence-electron chi connectivity index (χ2n) is 4.59. The zero-order valence-electron chi connectivity index (χ0n) is 11.6. The molecule has 0 bridgehead atoms. The number of hydrogen-bond donors (Lipinski definition) is 1. The molecule has 8 heteroatoms. The van der Waals surface area contributed by atoms with Crippen molar-refractivity contribution in [1.82, 2.24) is 0 Å². The summed E-state index contributed by atoms with van der Waals surface area (Å²) in [6.45, 7) is 2.66. The number of nitrogens with zero attached hydrogens (tertiary/aromatic N) is 1. The van der Waals surface area contributed by atoms with E-state index in [0.29, 0.717) is 36.0 Å². The predicted molar refractivity (Wildman–Crippen MR) is 82.3 cm³/mol. The van der Waals surface area contributed by atoms with Crippen LogP contribution in [0.25, 0.3) is 0 Å². The Bertz CT molecular complexity index is 633. The van der Waals surface area contributed by atoms with Crippen molar-refractivity contribution in [3.63, 3.8) is 0 Å². The van der Waals surface area contributed by atoms with Crippen LogP contribution in [0.3, 0.4) is 0 Å². The first-order valence-electron chi connectivity index (χ1n) is 6.61. The van der Waals surface area contributed by atoms with Gasteiger partial charge in [0.25, 0.3) is 0 Å². The van der Waals surface area contributed by atoms with Crippen LogP contribution in [0.2, 0.25) is 5.02 Å². The van der Waals surface area contributed by atoms with Crippen LogP contribution in [0.4, 0.5) is 11.4 Å². The normalized spacial score (nSPS) is 17.0. The zero-order valence-corrected chi connectivity index (χ0v) is 13.2. The Balaban J connectivity index is 2.13. The summed E-state index contributed by atoms with van der Waals surface area (Å²) in [7, 11) is -3.24. The summed E-state index contributed by atoms with van der Waals surface area (Å²) in [5.74, 6) is -0.155. The zero-order chi connectivity index (χ0) is 15.5. The SMILES string of the molecule is CCOCC(=O)Nc1ccc(N2CCCS2(=O)=O)cc1Cl. The van der Waals surface area contributed by atoms with Gasteiger partial charge < -0.3 is 10.1 Å². The third kappa shape index (κ3) is 3.87. The minimum Gasteiger partial charge on any atom is -0.372 e. The monoisotopic (exact) mass is 332 g/mol. The van der Waals surface area contributed by atoms with Gasteiger partial charge in [0, 0.05) is 13.2 Å². The Morgan fingerprint density at radius 2 is 2.24 bits per heavy atom. The minimum absolute atomic E-state index is 0.0465. The first-order valence-corrected chi connectivity index (χ1v) is 8.60. The van der Waals surface area contributed by atoms with Crippen LogP contribution in [0, 0.1) is 0 Å². The average molecular weight is 333 g/mol. The highest BCUT2D eigenvalue weighted by Crippen LogP contribution is 2.31. The third-order valence-corrected chi connectivity index (χ3v) is 5.23. The summed E-state index contributed by atoms with van der Waals surface area (Å²) < 4.78 is 30.0. The molecular weight excluding hydrogens is 316 g/mol. The summed E-state index contributed by atoms with van der Waals surface area (Å²) in [4.78, 5) is 11.6. The molecular formula is C13H17ClN2O4S. The number of benzene rings is 1. The van der Waals surface area contributed by atoms with Crippen molar-refractivity contribution in [3.8, 4) is 0 Å². The fourth-order valence-corrected chi connectivity index (χ4v) is 3.85. The maximum Gasteiger partial charge on any atom is 0.250 e. The van der Waals surface area contributed by atoms with Crippen LogP contribution in [-0.2, 0) is 19.6 Å². The summed E-state index contributed by atoms with van der Waals surface area (Å²) in [6.07, 6.45) is 0.604. The summed E-state index contributed by atoms with van der Waals surface area (Å²) in [5.41, 5.74) is 0.946. The van der Waals surface area contributed by atoms with E-state index in [-0.39, 0.29) is 18.3 Å². The van der Waals surface area contributed by atoms with E-state index >= 15 is 0 Å². The fourth-order valence-electron chi connectivity index (χ4n) is 2.07. The molecule has 1 aliphatic heterocycles. The molecule has 1 N–H and O–H groups in total. The molecule has 1 fully saturated rings. The highest BCUT2D eigenvalue weighted by molar-refractivity contribution is 7.93. The van der Waals surface area contributed by atoms with Crippen LogP contribution in [0.5, 0.6) is 0 Å². The number of carbonyl (C=O) groups excluding carboxylic acids is 1. The van der Waals surface area contributed by atoms with Crippen LogP contribution < -0.4 is 9.62 Å². The lowest BCUT2D eigenvalue weighted by molar-refractivity contribution is -0.120. The average Bonchev–Trinajstić information content (AvgIpc) is 2.78. The summed E-state index contributed by atoms with van der Waals surface area (Å²) in [5, 5.41) is 2.91. The van der Waals surface area contributed by atoms with Gasteiger partial charge in [-0.25, -0.2) is 8.42 Å². The quantitative estimate of drug-likeness (QED) is 0.893. The van der Waals surface area contributed by atoms with Gasteiger partial charge in [0.15, 0.2) is 0 Å². The highest BCUT2D eigenvalue weighted by Gasteiger charge is 2.28. The van der Waals surface area contributed by atoms with Gasteiger partial charge in [-0.2, -0.15) is 0 Å². The molecule has 1 saturated heterocycles. The van der Waals surface area contributed by atoms with Crippen molar-refractivity contribution in [3.05, 3.63) is 23.2 Å². The molecule has 0 saturated carbocycles. The second kappa shape index (κ2) is 6.64. The maximum absolute atomic E-state index is 11.9. The summed E-state index contributed by atoms with van der Waals surface area (Å²) in [6, 6.07) is 4.76. The van der Waals surface area contributed by atoms with Crippen molar-refractivity contribution in [2.45, 2.75) is 13.3 Å². The fraction of sp³-hybridized carbons (Fsp3) is 0.462. The van der Waals surface area contributed by atoms with Gasteiger partial charge in [0.05, 0.1) is 22.2 Å². The smallest absolute Gasteiger partial charge is 0.250 e. The first-order chi connectivity index (χ1) is 9.94. The second-order valence-corrected chi connectivity index (χ2v) is 7.01. The number of hydrogen-bond acceptors (Lipinski definition) is 4. The Labute approximate surface area is 129 Å². The third-order valence-electron chi connectivity index (χ3n) is 3.05. The molecule has 0 aliphatic carbocycles. The Hall–Kier alpha value is -1.31. The largest absolute Gasteiger partial charge is 0.372 e. The van der Waals surface area contributed by atoms with Crippen molar-refractivity contribution in [2.24, 2.45) is 0 Å². The Kier molecular flexibility index (Phi) is 5.08. The molecule has 0 radical (unpaired) electrons. The van der Waals surface area contributed by atoms with Crippen LogP contribution >= 0.6 is 11.6 Å². The standard InChI is InChI=1S/C13H17ClN2O4S/c1-2-20-9-13(17)15-12-5-4-10(8-11(12)14)16-6-3-7-21(16,18)19/h4-5,8H,2-3,6-7,9H2,1H3,(H,15,17). The van der Waals surface area contributed by atoms with Crippen molar-refractivity contribution in [1.29, 1.82) is 0 Å². The lowest BCUT2D eigenvalue weighted by Crippen LogP contribution is -2.25. The molecule has 1 aromatic carbocycles. The maximum atomic E-state index is 11.9. The van der Waals surface area contributed by atoms with E-state index in [1.807, 2.05) is 0 Å². The van der Waals surface area contributed by atoms with Crippen molar-refractivity contribution < 1.29 is 17.9 Å². The van der Waals surface area contributed by atoms with E-state index in [9.17, 15) is 13.2 Å². The number of sulfonamides is 1. The molecule has 1 heterocycles. The van der Waals surface area contributed by atoms with Gasteiger partial charge in [-0.05, 0) is 31.5 Å².